The molecule has 0 bridgehead atoms. The fourth-order valence-electron chi connectivity index (χ4n) is 3.27. The smallest absolute Gasteiger partial charge is 0.410 e. The minimum atomic E-state index is -0.254. The predicted octanol–water partition coefficient (Wildman–Crippen LogP) is 3.72. The molecule has 7 nitrogen and oxygen atoms in total. The lowest BCUT2D eigenvalue weighted by atomic mass is 10.2. The minimum absolute atomic E-state index is 0.110. The molecular weight excluding hydrogens is 378 g/mol. The SMILES string of the molecule is CC(C)OC(=O)N1CCN(c2ccc3ncc(-c4cccc(Cl)c4)n3n2)CC1. The number of halogens is 1. The summed E-state index contributed by atoms with van der Waals surface area (Å²) in [5.41, 5.74) is 2.63. The lowest BCUT2D eigenvalue weighted by molar-refractivity contribution is 0.0751. The molecule has 1 aromatic carbocycles. The second-order valence-corrected chi connectivity index (χ2v) is 7.46. The maximum Gasteiger partial charge on any atom is 0.410 e. The number of nitrogens with zero attached hydrogens (tertiary/aromatic N) is 5. The van der Waals surface area contributed by atoms with Crippen molar-refractivity contribution in [3.05, 3.63) is 47.6 Å². The fourth-order valence-corrected chi connectivity index (χ4v) is 3.46. The first-order chi connectivity index (χ1) is 13.5. The summed E-state index contributed by atoms with van der Waals surface area (Å²) in [5.74, 6) is 0.852. The monoisotopic (exact) mass is 399 g/mol. The molecule has 1 aliphatic rings. The van der Waals surface area contributed by atoms with Crippen LogP contribution < -0.4 is 4.90 Å². The minimum Gasteiger partial charge on any atom is -0.447 e. The van der Waals surface area contributed by atoms with Gasteiger partial charge in [-0.1, -0.05) is 23.7 Å². The van der Waals surface area contributed by atoms with Crippen LogP contribution in [0.2, 0.25) is 5.02 Å². The molecule has 28 heavy (non-hydrogen) atoms. The van der Waals surface area contributed by atoms with Gasteiger partial charge in [0.2, 0.25) is 0 Å². The van der Waals surface area contributed by atoms with E-state index in [2.05, 4.69) is 9.88 Å². The maximum absolute atomic E-state index is 12.1. The number of hydrogen-bond acceptors (Lipinski definition) is 5. The van der Waals surface area contributed by atoms with Gasteiger partial charge < -0.3 is 14.5 Å². The van der Waals surface area contributed by atoms with Crippen LogP contribution >= 0.6 is 11.6 Å². The van der Waals surface area contributed by atoms with E-state index in [4.69, 9.17) is 21.4 Å². The Morgan fingerprint density at radius 2 is 1.93 bits per heavy atom. The van der Waals surface area contributed by atoms with Gasteiger partial charge >= 0.3 is 6.09 Å². The fraction of sp³-hybridized carbons (Fsp3) is 0.350. The maximum atomic E-state index is 12.1. The van der Waals surface area contributed by atoms with Gasteiger partial charge in [-0.2, -0.15) is 0 Å². The van der Waals surface area contributed by atoms with Gasteiger partial charge in [0.1, 0.15) is 5.82 Å². The molecule has 3 heterocycles. The van der Waals surface area contributed by atoms with Crippen molar-refractivity contribution in [2.24, 2.45) is 0 Å². The number of carbonyl (C=O) groups is 1. The van der Waals surface area contributed by atoms with Crippen molar-refractivity contribution in [1.29, 1.82) is 0 Å². The Labute approximate surface area is 168 Å². The van der Waals surface area contributed by atoms with Crippen molar-refractivity contribution >= 4 is 29.2 Å². The molecule has 0 unspecified atom stereocenters. The highest BCUT2D eigenvalue weighted by Crippen LogP contribution is 2.24. The van der Waals surface area contributed by atoms with Gasteiger partial charge in [0.25, 0.3) is 0 Å². The number of ether oxygens (including phenoxy) is 1. The summed E-state index contributed by atoms with van der Waals surface area (Å²) in [6, 6.07) is 11.6. The molecule has 1 saturated heterocycles. The van der Waals surface area contributed by atoms with Gasteiger partial charge in [-0.3, -0.25) is 0 Å². The van der Waals surface area contributed by atoms with E-state index >= 15 is 0 Å². The van der Waals surface area contributed by atoms with Gasteiger partial charge in [-0.25, -0.2) is 14.3 Å². The molecule has 0 radical (unpaired) electrons. The number of amides is 1. The largest absolute Gasteiger partial charge is 0.447 e. The molecule has 0 N–H and O–H groups in total. The number of benzene rings is 1. The van der Waals surface area contributed by atoms with E-state index in [1.54, 1.807) is 11.1 Å². The molecule has 146 valence electrons. The Balaban J connectivity index is 1.54. The Kier molecular flexibility index (Phi) is 5.09. The van der Waals surface area contributed by atoms with E-state index in [1.807, 2.05) is 54.8 Å². The number of hydrogen-bond donors (Lipinski definition) is 0. The van der Waals surface area contributed by atoms with Crippen LogP contribution in [0.15, 0.2) is 42.6 Å². The molecule has 1 aliphatic heterocycles. The Morgan fingerprint density at radius 3 is 2.64 bits per heavy atom. The standard InChI is InChI=1S/C20H22ClN5O2/c1-14(2)28-20(27)25-10-8-24(9-11-25)19-7-6-18-22-13-17(26(18)23-19)15-4-3-5-16(21)12-15/h3-7,12-14H,8-11H2,1-2H3. The second kappa shape index (κ2) is 7.67. The number of aromatic nitrogens is 3. The van der Waals surface area contributed by atoms with Crippen LogP contribution in [-0.4, -0.2) is 57.9 Å². The zero-order chi connectivity index (χ0) is 19.7. The van der Waals surface area contributed by atoms with Crippen LogP contribution in [0, 0.1) is 0 Å². The number of imidazole rings is 1. The zero-order valence-electron chi connectivity index (χ0n) is 15.9. The van der Waals surface area contributed by atoms with Crippen LogP contribution in [0.25, 0.3) is 16.9 Å². The normalized spacial score (nSPS) is 14.7. The van der Waals surface area contributed by atoms with E-state index in [1.165, 1.54) is 0 Å². The summed E-state index contributed by atoms with van der Waals surface area (Å²) >= 11 is 6.14. The van der Waals surface area contributed by atoms with Crippen molar-refractivity contribution in [1.82, 2.24) is 19.5 Å². The highest BCUT2D eigenvalue weighted by Gasteiger charge is 2.24. The average Bonchev–Trinajstić information content (AvgIpc) is 3.11. The molecule has 1 fully saturated rings. The third kappa shape index (κ3) is 3.75. The number of carbonyl (C=O) groups excluding carboxylic acids is 1. The predicted molar refractivity (Wildman–Crippen MR) is 109 cm³/mol. The van der Waals surface area contributed by atoms with Crippen molar-refractivity contribution in [3.63, 3.8) is 0 Å². The molecule has 4 rings (SSSR count). The molecule has 8 heteroatoms. The van der Waals surface area contributed by atoms with Crippen LogP contribution in [0.5, 0.6) is 0 Å². The molecule has 1 amide bonds. The molecular formula is C20H22ClN5O2. The number of rotatable bonds is 3. The van der Waals surface area contributed by atoms with Gasteiger partial charge in [-0.15, -0.1) is 5.10 Å². The van der Waals surface area contributed by atoms with Crippen LogP contribution in [0.3, 0.4) is 0 Å². The quantitative estimate of drug-likeness (QED) is 0.671. The topological polar surface area (TPSA) is 63.0 Å². The first kappa shape index (κ1) is 18.6. The summed E-state index contributed by atoms with van der Waals surface area (Å²) in [5, 5.41) is 5.46. The van der Waals surface area contributed by atoms with Gasteiger partial charge in [0.05, 0.1) is 18.0 Å². The highest BCUT2D eigenvalue weighted by molar-refractivity contribution is 6.30. The van der Waals surface area contributed by atoms with Crippen molar-refractivity contribution in [2.75, 3.05) is 31.1 Å². The van der Waals surface area contributed by atoms with E-state index in [-0.39, 0.29) is 12.2 Å². The van der Waals surface area contributed by atoms with Gasteiger partial charge in [0.15, 0.2) is 5.65 Å². The highest BCUT2D eigenvalue weighted by atomic mass is 35.5. The van der Waals surface area contributed by atoms with E-state index < -0.39 is 0 Å². The summed E-state index contributed by atoms with van der Waals surface area (Å²) in [6.45, 7) is 6.33. The summed E-state index contributed by atoms with van der Waals surface area (Å²) in [4.78, 5) is 20.4. The number of anilines is 1. The van der Waals surface area contributed by atoms with E-state index in [0.717, 1.165) is 22.7 Å². The Bertz CT molecular complexity index is 995. The third-order valence-electron chi connectivity index (χ3n) is 4.67. The summed E-state index contributed by atoms with van der Waals surface area (Å²) in [7, 11) is 0. The summed E-state index contributed by atoms with van der Waals surface area (Å²) < 4.78 is 7.12. The molecule has 0 atom stereocenters. The molecule has 0 saturated carbocycles. The first-order valence-corrected chi connectivity index (χ1v) is 9.70. The van der Waals surface area contributed by atoms with E-state index in [0.29, 0.717) is 31.2 Å². The lowest BCUT2D eigenvalue weighted by Crippen LogP contribution is -2.49. The third-order valence-corrected chi connectivity index (χ3v) is 4.90. The lowest BCUT2D eigenvalue weighted by Gasteiger charge is -2.35. The molecule has 3 aromatic rings. The number of piperazine rings is 1. The average molecular weight is 400 g/mol. The van der Waals surface area contributed by atoms with Crippen molar-refractivity contribution < 1.29 is 9.53 Å². The van der Waals surface area contributed by atoms with Crippen molar-refractivity contribution in [2.45, 2.75) is 20.0 Å². The van der Waals surface area contributed by atoms with Crippen molar-refractivity contribution in [3.8, 4) is 11.3 Å². The Hall–Kier alpha value is -2.80. The van der Waals surface area contributed by atoms with Crippen LogP contribution in [0.1, 0.15) is 13.8 Å². The first-order valence-electron chi connectivity index (χ1n) is 9.32. The van der Waals surface area contributed by atoms with Crippen LogP contribution in [0.4, 0.5) is 10.6 Å². The summed E-state index contributed by atoms with van der Waals surface area (Å²) in [6.07, 6.45) is 1.44. The Morgan fingerprint density at radius 1 is 1.14 bits per heavy atom. The zero-order valence-corrected chi connectivity index (χ0v) is 16.6. The molecule has 2 aromatic heterocycles. The van der Waals surface area contributed by atoms with E-state index in [9.17, 15) is 4.79 Å². The van der Waals surface area contributed by atoms with Gasteiger partial charge in [-0.05, 0) is 38.1 Å². The van der Waals surface area contributed by atoms with Gasteiger partial charge in [0, 0.05) is 36.8 Å². The number of fused-ring (bicyclic) bond motifs is 1. The molecule has 0 aliphatic carbocycles. The molecule has 0 spiro atoms. The van der Waals surface area contributed by atoms with Crippen LogP contribution in [-0.2, 0) is 4.74 Å². The second-order valence-electron chi connectivity index (χ2n) is 7.02.